The molecule has 0 saturated carbocycles. The summed E-state index contributed by atoms with van der Waals surface area (Å²) in [5.74, 6) is 0. The third kappa shape index (κ3) is 1.34. The van der Waals surface area contributed by atoms with E-state index in [9.17, 15) is 13.2 Å². The van der Waals surface area contributed by atoms with Crippen LogP contribution in [-0.4, -0.2) is 10.2 Å². The highest BCUT2D eigenvalue weighted by atomic mass is 19.4. The number of fused-ring (bicyclic) bond motifs is 1. The van der Waals surface area contributed by atoms with Gasteiger partial charge >= 0.3 is 6.18 Å². The number of hydrogen-bond acceptors (Lipinski definition) is 1. The maximum absolute atomic E-state index is 12.3. The van der Waals surface area contributed by atoms with E-state index in [0.717, 1.165) is 6.42 Å². The molecule has 1 aliphatic rings. The quantitative estimate of drug-likeness (QED) is 0.665. The molecule has 0 atom stereocenters. The van der Waals surface area contributed by atoms with Gasteiger partial charge in [0.05, 0.1) is 0 Å². The number of nitrogens with zero attached hydrogens (tertiary/aromatic N) is 1. The van der Waals surface area contributed by atoms with Crippen molar-refractivity contribution in [2.45, 2.75) is 19.0 Å². The lowest BCUT2D eigenvalue weighted by Gasteiger charge is -2.06. The van der Waals surface area contributed by atoms with Crippen molar-refractivity contribution >= 4 is 6.08 Å². The molecular weight excluding hydrogens is 181 g/mol. The zero-order valence-electron chi connectivity index (χ0n) is 6.65. The Balaban J connectivity index is 2.51. The second-order valence-corrected chi connectivity index (χ2v) is 2.90. The van der Waals surface area contributed by atoms with E-state index in [1.165, 1.54) is 6.08 Å². The van der Waals surface area contributed by atoms with Gasteiger partial charge in [0.1, 0.15) is 0 Å². The number of halogens is 3. The number of aromatic amines is 1. The molecule has 13 heavy (non-hydrogen) atoms. The summed E-state index contributed by atoms with van der Waals surface area (Å²) in [7, 11) is 0. The van der Waals surface area contributed by atoms with E-state index >= 15 is 0 Å². The molecule has 2 rings (SSSR count). The molecule has 1 aliphatic carbocycles. The smallest absolute Gasteiger partial charge is 0.281 e. The summed E-state index contributed by atoms with van der Waals surface area (Å²) in [5, 5.41) is 5.68. The van der Waals surface area contributed by atoms with Gasteiger partial charge in [0.2, 0.25) is 0 Å². The minimum absolute atomic E-state index is 0.193. The normalized spacial score (nSPS) is 15.9. The Kier molecular flexibility index (Phi) is 1.68. The summed E-state index contributed by atoms with van der Waals surface area (Å²) in [6.07, 6.45) is 0.228. The molecule has 0 spiro atoms. The van der Waals surface area contributed by atoms with Crippen LogP contribution in [0.2, 0.25) is 0 Å². The average molecular weight is 188 g/mol. The first-order valence-electron chi connectivity index (χ1n) is 3.90. The summed E-state index contributed by atoms with van der Waals surface area (Å²) < 4.78 is 36.9. The van der Waals surface area contributed by atoms with Gasteiger partial charge in [0.15, 0.2) is 5.69 Å². The van der Waals surface area contributed by atoms with Crippen molar-refractivity contribution in [1.29, 1.82) is 0 Å². The van der Waals surface area contributed by atoms with Crippen molar-refractivity contribution in [3.63, 3.8) is 0 Å². The van der Waals surface area contributed by atoms with Crippen LogP contribution in [0.5, 0.6) is 0 Å². The number of aryl methyl sites for hydroxylation is 1. The first-order chi connectivity index (χ1) is 6.09. The summed E-state index contributed by atoms with van der Waals surface area (Å²) in [6, 6.07) is 0. The zero-order valence-corrected chi connectivity index (χ0v) is 6.65. The molecule has 0 aliphatic heterocycles. The SMILES string of the molecule is FC(F)(F)c1n[nH]c2c1C=CCC2. The number of aromatic nitrogens is 2. The number of alkyl halides is 3. The fraction of sp³-hybridized carbons (Fsp3) is 0.375. The average Bonchev–Trinajstić information content (AvgIpc) is 2.45. The van der Waals surface area contributed by atoms with Crippen LogP contribution in [0.15, 0.2) is 6.08 Å². The highest BCUT2D eigenvalue weighted by Gasteiger charge is 2.37. The summed E-state index contributed by atoms with van der Waals surface area (Å²) >= 11 is 0. The van der Waals surface area contributed by atoms with Crippen LogP contribution in [0, 0.1) is 0 Å². The van der Waals surface area contributed by atoms with Crippen molar-refractivity contribution in [1.82, 2.24) is 10.2 Å². The van der Waals surface area contributed by atoms with Gasteiger partial charge < -0.3 is 0 Å². The van der Waals surface area contributed by atoms with E-state index in [1.807, 2.05) is 0 Å². The standard InChI is InChI=1S/C8H7F3N2/c9-8(10,11)7-5-3-1-2-4-6(5)12-13-7/h1,3H,2,4H2,(H,12,13). The molecule has 0 unspecified atom stereocenters. The molecule has 1 N–H and O–H groups in total. The number of rotatable bonds is 0. The fourth-order valence-corrected chi connectivity index (χ4v) is 1.40. The monoisotopic (exact) mass is 188 g/mol. The van der Waals surface area contributed by atoms with Crippen LogP contribution in [0.25, 0.3) is 6.08 Å². The van der Waals surface area contributed by atoms with Crippen LogP contribution in [0.4, 0.5) is 13.2 Å². The lowest BCUT2D eigenvalue weighted by atomic mass is 10.0. The van der Waals surface area contributed by atoms with Gasteiger partial charge in [0.25, 0.3) is 0 Å². The Morgan fingerprint density at radius 2 is 2.15 bits per heavy atom. The van der Waals surface area contributed by atoms with E-state index < -0.39 is 11.9 Å². The third-order valence-corrected chi connectivity index (χ3v) is 2.00. The van der Waals surface area contributed by atoms with E-state index in [0.29, 0.717) is 12.1 Å². The van der Waals surface area contributed by atoms with Gasteiger partial charge in [-0.3, -0.25) is 5.10 Å². The minimum atomic E-state index is -4.36. The summed E-state index contributed by atoms with van der Waals surface area (Å²) in [4.78, 5) is 0. The highest BCUT2D eigenvalue weighted by Crippen LogP contribution is 2.33. The topological polar surface area (TPSA) is 28.7 Å². The number of nitrogens with one attached hydrogen (secondary N) is 1. The Labute approximate surface area is 72.5 Å². The summed E-state index contributed by atoms with van der Waals surface area (Å²) in [5.41, 5.74) is -0.0352. The number of H-pyrrole nitrogens is 1. The van der Waals surface area contributed by atoms with Crippen LogP contribution in [0.1, 0.15) is 23.4 Å². The lowest BCUT2D eigenvalue weighted by molar-refractivity contribution is -0.141. The van der Waals surface area contributed by atoms with Crippen molar-refractivity contribution in [3.05, 3.63) is 23.0 Å². The molecule has 0 fully saturated rings. The molecule has 1 aromatic rings. The molecular formula is C8H7F3N2. The maximum atomic E-state index is 12.3. The van der Waals surface area contributed by atoms with Crippen LogP contribution >= 0.6 is 0 Å². The van der Waals surface area contributed by atoms with E-state index in [2.05, 4.69) is 10.2 Å². The van der Waals surface area contributed by atoms with Crippen molar-refractivity contribution in [3.8, 4) is 0 Å². The molecule has 1 aromatic heterocycles. The first-order valence-corrected chi connectivity index (χ1v) is 3.90. The highest BCUT2D eigenvalue weighted by molar-refractivity contribution is 5.57. The Morgan fingerprint density at radius 1 is 1.38 bits per heavy atom. The van der Waals surface area contributed by atoms with E-state index in [1.54, 1.807) is 6.08 Å². The number of allylic oxidation sites excluding steroid dienone is 1. The van der Waals surface area contributed by atoms with Crippen LogP contribution in [0.3, 0.4) is 0 Å². The molecule has 0 aromatic carbocycles. The lowest BCUT2D eigenvalue weighted by Crippen LogP contribution is -2.08. The Bertz CT molecular complexity index is 349. The Hall–Kier alpha value is -1.26. The maximum Gasteiger partial charge on any atom is 0.435 e. The van der Waals surface area contributed by atoms with Gasteiger partial charge in [-0.1, -0.05) is 12.2 Å². The molecule has 0 saturated heterocycles. The molecule has 0 amide bonds. The summed E-state index contributed by atoms with van der Waals surface area (Å²) in [6.45, 7) is 0. The molecule has 70 valence electrons. The second-order valence-electron chi connectivity index (χ2n) is 2.90. The zero-order chi connectivity index (χ0) is 9.47. The predicted molar refractivity (Wildman–Crippen MR) is 40.9 cm³/mol. The van der Waals surface area contributed by atoms with Crippen molar-refractivity contribution in [2.24, 2.45) is 0 Å². The number of hydrogen-bond donors (Lipinski definition) is 1. The van der Waals surface area contributed by atoms with Gasteiger partial charge in [-0.05, 0) is 12.8 Å². The van der Waals surface area contributed by atoms with Crippen LogP contribution in [-0.2, 0) is 12.6 Å². The molecule has 0 radical (unpaired) electrons. The van der Waals surface area contributed by atoms with Gasteiger partial charge in [-0.15, -0.1) is 0 Å². The first kappa shape index (κ1) is 8.34. The Morgan fingerprint density at radius 3 is 2.85 bits per heavy atom. The molecule has 0 bridgehead atoms. The van der Waals surface area contributed by atoms with Crippen LogP contribution < -0.4 is 0 Å². The fourth-order valence-electron chi connectivity index (χ4n) is 1.40. The van der Waals surface area contributed by atoms with Gasteiger partial charge in [-0.2, -0.15) is 18.3 Å². The third-order valence-electron chi connectivity index (χ3n) is 2.00. The van der Waals surface area contributed by atoms with E-state index in [-0.39, 0.29) is 5.56 Å². The van der Waals surface area contributed by atoms with Crippen molar-refractivity contribution in [2.75, 3.05) is 0 Å². The largest absolute Gasteiger partial charge is 0.435 e. The molecule has 5 heteroatoms. The predicted octanol–water partition coefficient (Wildman–Crippen LogP) is 2.39. The minimum Gasteiger partial charge on any atom is -0.281 e. The molecule has 1 heterocycles. The second kappa shape index (κ2) is 2.61. The molecule has 2 nitrogen and oxygen atoms in total. The van der Waals surface area contributed by atoms with Gasteiger partial charge in [-0.25, -0.2) is 0 Å². The van der Waals surface area contributed by atoms with Gasteiger partial charge in [0, 0.05) is 11.3 Å². The van der Waals surface area contributed by atoms with Crippen molar-refractivity contribution < 1.29 is 13.2 Å². The van der Waals surface area contributed by atoms with E-state index in [4.69, 9.17) is 0 Å².